The summed E-state index contributed by atoms with van der Waals surface area (Å²) in [4.78, 5) is 4.20. The molecule has 3 heteroatoms. The standard InChI is InChI=1S/C25H28N2O/c1-26(2)23-9-5-21(6-10-23)13-15-25(17-19-28-20-18-25)16-14-22-7-11-24(12-8-22)27(3)4/h5-20H,1-4H3. The maximum absolute atomic E-state index is 5.27. The van der Waals surface area contributed by atoms with E-state index in [9.17, 15) is 0 Å². The lowest BCUT2D eigenvalue weighted by molar-refractivity contribution is 0.381. The lowest BCUT2D eigenvalue weighted by Gasteiger charge is -2.21. The van der Waals surface area contributed by atoms with Gasteiger partial charge in [0.2, 0.25) is 0 Å². The smallest absolute Gasteiger partial charge is 0.0876 e. The molecule has 0 spiro atoms. The van der Waals surface area contributed by atoms with Gasteiger partial charge in [-0.3, -0.25) is 0 Å². The molecule has 1 aliphatic rings. The van der Waals surface area contributed by atoms with Gasteiger partial charge in [-0.05, 0) is 47.5 Å². The molecule has 0 fully saturated rings. The van der Waals surface area contributed by atoms with E-state index in [-0.39, 0.29) is 5.41 Å². The molecule has 3 nitrogen and oxygen atoms in total. The van der Waals surface area contributed by atoms with Crippen molar-refractivity contribution in [2.75, 3.05) is 38.0 Å². The number of hydrogen-bond acceptors (Lipinski definition) is 3. The van der Waals surface area contributed by atoms with Crippen LogP contribution in [0.3, 0.4) is 0 Å². The van der Waals surface area contributed by atoms with Gasteiger partial charge in [0.15, 0.2) is 0 Å². The van der Waals surface area contributed by atoms with Crippen LogP contribution < -0.4 is 9.80 Å². The maximum Gasteiger partial charge on any atom is 0.0876 e. The Morgan fingerprint density at radius 1 is 0.643 bits per heavy atom. The second-order valence-electron chi connectivity index (χ2n) is 7.38. The van der Waals surface area contributed by atoms with E-state index >= 15 is 0 Å². The van der Waals surface area contributed by atoms with Crippen molar-refractivity contribution in [3.8, 4) is 0 Å². The molecule has 0 saturated carbocycles. The number of rotatable bonds is 6. The largest absolute Gasteiger partial charge is 0.473 e. The average Bonchev–Trinajstić information content (AvgIpc) is 2.72. The molecule has 28 heavy (non-hydrogen) atoms. The van der Waals surface area contributed by atoms with Gasteiger partial charge in [-0.1, -0.05) is 48.6 Å². The molecule has 0 saturated heterocycles. The molecule has 0 bridgehead atoms. The Labute approximate surface area is 168 Å². The number of ether oxygens (including phenoxy) is 1. The Hall–Kier alpha value is -3.20. The zero-order chi connectivity index (χ0) is 20.0. The highest BCUT2D eigenvalue weighted by molar-refractivity contribution is 5.61. The van der Waals surface area contributed by atoms with Crippen LogP contribution in [0.4, 0.5) is 11.4 Å². The van der Waals surface area contributed by atoms with Gasteiger partial charge in [-0.15, -0.1) is 0 Å². The van der Waals surface area contributed by atoms with Gasteiger partial charge >= 0.3 is 0 Å². The van der Waals surface area contributed by atoms with Gasteiger partial charge in [-0.25, -0.2) is 0 Å². The first-order valence-electron chi connectivity index (χ1n) is 9.42. The van der Waals surface area contributed by atoms with E-state index < -0.39 is 0 Å². The van der Waals surface area contributed by atoms with Crippen LogP contribution in [0.25, 0.3) is 12.2 Å². The highest BCUT2D eigenvalue weighted by Gasteiger charge is 2.19. The highest BCUT2D eigenvalue weighted by atomic mass is 16.5. The fraction of sp³-hybridized carbons (Fsp3) is 0.200. The fourth-order valence-electron chi connectivity index (χ4n) is 2.94. The third-order valence-electron chi connectivity index (χ3n) is 4.82. The van der Waals surface area contributed by atoms with Crippen molar-refractivity contribution in [2.24, 2.45) is 5.41 Å². The normalized spacial score (nSPS) is 15.1. The van der Waals surface area contributed by atoms with Crippen molar-refractivity contribution in [3.05, 3.63) is 96.5 Å². The van der Waals surface area contributed by atoms with Gasteiger partial charge in [-0.2, -0.15) is 0 Å². The lowest BCUT2D eigenvalue weighted by Crippen LogP contribution is -2.10. The van der Waals surface area contributed by atoms with Crippen molar-refractivity contribution in [3.63, 3.8) is 0 Å². The summed E-state index contributed by atoms with van der Waals surface area (Å²) in [5.41, 5.74) is 4.42. The number of anilines is 2. The van der Waals surface area contributed by atoms with Crippen LogP contribution in [0.2, 0.25) is 0 Å². The maximum atomic E-state index is 5.27. The first kappa shape index (κ1) is 19.6. The van der Waals surface area contributed by atoms with Crippen LogP contribution >= 0.6 is 0 Å². The SMILES string of the molecule is CN(C)c1ccc(C=CC2(C=Cc3ccc(N(C)C)cc3)C=COC=C2)cc1. The van der Waals surface area contributed by atoms with Crippen LogP contribution in [-0.4, -0.2) is 28.2 Å². The molecular weight excluding hydrogens is 344 g/mol. The number of hydrogen-bond donors (Lipinski definition) is 0. The minimum atomic E-state index is -0.307. The first-order valence-corrected chi connectivity index (χ1v) is 9.42. The van der Waals surface area contributed by atoms with Gasteiger partial charge < -0.3 is 14.5 Å². The molecule has 1 heterocycles. The van der Waals surface area contributed by atoms with E-state index in [1.54, 1.807) is 12.5 Å². The first-order chi connectivity index (χ1) is 13.5. The zero-order valence-corrected chi connectivity index (χ0v) is 17.0. The van der Waals surface area contributed by atoms with Crippen molar-refractivity contribution in [1.82, 2.24) is 0 Å². The molecule has 1 aliphatic heterocycles. The second kappa shape index (κ2) is 8.66. The summed E-state index contributed by atoms with van der Waals surface area (Å²) in [5.74, 6) is 0. The summed E-state index contributed by atoms with van der Waals surface area (Å²) in [6.07, 6.45) is 16.3. The molecule has 0 aliphatic carbocycles. The van der Waals surface area contributed by atoms with Crippen LogP contribution in [-0.2, 0) is 4.74 Å². The lowest BCUT2D eigenvalue weighted by atomic mass is 9.85. The van der Waals surface area contributed by atoms with Crippen molar-refractivity contribution >= 4 is 23.5 Å². The van der Waals surface area contributed by atoms with E-state index in [4.69, 9.17) is 4.74 Å². The molecule has 2 aromatic carbocycles. The highest BCUT2D eigenvalue weighted by Crippen LogP contribution is 2.30. The molecular formula is C25H28N2O. The summed E-state index contributed by atoms with van der Waals surface area (Å²) in [5, 5.41) is 0. The molecule has 0 amide bonds. The Bertz CT molecular complexity index is 810. The third-order valence-corrected chi connectivity index (χ3v) is 4.82. The van der Waals surface area contributed by atoms with E-state index in [2.05, 4.69) is 94.8 Å². The Balaban J connectivity index is 1.81. The Kier molecular flexibility index (Phi) is 6.05. The molecule has 0 atom stereocenters. The minimum Gasteiger partial charge on any atom is -0.473 e. The summed E-state index contributed by atoms with van der Waals surface area (Å²) in [6, 6.07) is 17.1. The molecule has 0 unspecified atom stereocenters. The molecule has 0 aromatic heterocycles. The summed E-state index contributed by atoms with van der Waals surface area (Å²) in [7, 11) is 8.20. The topological polar surface area (TPSA) is 15.7 Å². The molecule has 0 N–H and O–H groups in total. The predicted octanol–water partition coefficient (Wildman–Crippen LogP) is 5.59. The summed E-state index contributed by atoms with van der Waals surface area (Å²) >= 11 is 0. The van der Waals surface area contributed by atoms with Crippen molar-refractivity contribution in [2.45, 2.75) is 0 Å². The summed E-state index contributed by atoms with van der Waals surface area (Å²) < 4.78 is 5.27. The van der Waals surface area contributed by atoms with E-state index in [1.807, 2.05) is 28.2 Å². The van der Waals surface area contributed by atoms with Crippen LogP contribution in [0.1, 0.15) is 11.1 Å². The second-order valence-corrected chi connectivity index (χ2v) is 7.38. The van der Waals surface area contributed by atoms with E-state index in [0.29, 0.717) is 0 Å². The molecule has 0 radical (unpaired) electrons. The van der Waals surface area contributed by atoms with Gasteiger partial charge in [0, 0.05) is 45.0 Å². The van der Waals surface area contributed by atoms with Crippen LogP contribution in [0.5, 0.6) is 0 Å². The van der Waals surface area contributed by atoms with E-state index in [0.717, 1.165) is 0 Å². The molecule has 2 aromatic rings. The predicted molar refractivity (Wildman–Crippen MR) is 121 cm³/mol. The van der Waals surface area contributed by atoms with Gasteiger partial charge in [0.1, 0.15) is 0 Å². The van der Waals surface area contributed by atoms with Crippen molar-refractivity contribution < 1.29 is 4.74 Å². The quantitative estimate of drug-likeness (QED) is 0.657. The Morgan fingerprint density at radius 2 is 1.04 bits per heavy atom. The number of benzene rings is 2. The third kappa shape index (κ3) is 4.95. The number of nitrogens with zero attached hydrogens (tertiary/aromatic N) is 2. The van der Waals surface area contributed by atoms with Crippen LogP contribution in [0.15, 0.2) is 85.4 Å². The van der Waals surface area contributed by atoms with E-state index in [1.165, 1.54) is 22.5 Å². The van der Waals surface area contributed by atoms with Crippen molar-refractivity contribution in [1.29, 1.82) is 0 Å². The molecule has 3 rings (SSSR count). The van der Waals surface area contributed by atoms with Gasteiger partial charge in [0.25, 0.3) is 0 Å². The monoisotopic (exact) mass is 372 g/mol. The average molecular weight is 373 g/mol. The fourth-order valence-corrected chi connectivity index (χ4v) is 2.94. The Morgan fingerprint density at radius 3 is 1.39 bits per heavy atom. The molecule has 144 valence electrons. The minimum absolute atomic E-state index is 0.307. The van der Waals surface area contributed by atoms with Crippen LogP contribution in [0, 0.1) is 5.41 Å². The van der Waals surface area contributed by atoms with Gasteiger partial charge in [0.05, 0.1) is 12.5 Å². The number of allylic oxidation sites excluding steroid dienone is 4. The summed E-state index contributed by atoms with van der Waals surface area (Å²) in [6.45, 7) is 0. The zero-order valence-electron chi connectivity index (χ0n) is 17.0.